The molecule has 140 valence electrons. The molecule has 2 heterocycles. The number of hydrogen-bond donors (Lipinski definition) is 1. The summed E-state index contributed by atoms with van der Waals surface area (Å²) in [6, 6.07) is 7.36. The lowest BCUT2D eigenvalue weighted by Crippen LogP contribution is -2.55. The van der Waals surface area contributed by atoms with Gasteiger partial charge in [-0.2, -0.15) is 13.2 Å². The molecule has 1 aromatic carbocycles. The van der Waals surface area contributed by atoms with Crippen LogP contribution < -0.4 is 0 Å². The monoisotopic (exact) mass is 368 g/mol. The van der Waals surface area contributed by atoms with Crippen molar-refractivity contribution in [3.8, 4) is 0 Å². The number of halogens is 3. The molecule has 1 unspecified atom stereocenters. The van der Waals surface area contributed by atoms with Crippen LogP contribution >= 0.6 is 0 Å². The molecule has 1 atom stereocenters. The highest BCUT2D eigenvalue weighted by atomic mass is 19.4. The Kier molecular flexibility index (Phi) is 4.24. The van der Waals surface area contributed by atoms with Gasteiger partial charge in [0.15, 0.2) is 6.10 Å². The molecule has 0 aliphatic carbocycles. The van der Waals surface area contributed by atoms with Crippen molar-refractivity contribution in [1.82, 2.24) is 9.88 Å². The predicted octanol–water partition coefficient (Wildman–Crippen LogP) is 3.50. The highest BCUT2D eigenvalue weighted by Crippen LogP contribution is 2.42. The van der Waals surface area contributed by atoms with Gasteiger partial charge in [-0.1, -0.05) is 18.2 Å². The Bertz CT molecular complexity index is 870. The summed E-state index contributed by atoms with van der Waals surface area (Å²) in [5, 5.41) is 0.844. The third-order valence-corrected chi connectivity index (χ3v) is 4.80. The molecule has 0 saturated carbocycles. The number of fused-ring (bicyclic) bond motifs is 3. The molecular formula is C18H19F3N2O3. The van der Waals surface area contributed by atoms with Crippen LogP contribution in [0.3, 0.4) is 0 Å². The Labute approximate surface area is 148 Å². The van der Waals surface area contributed by atoms with Crippen molar-refractivity contribution in [3.05, 3.63) is 35.5 Å². The number of benzene rings is 1. The van der Waals surface area contributed by atoms with E-state index in [0.717, 1.165) is 21.4 Å². The number of H-pyrrole nitrogens is 1. The standard InChI is InChI=1S/C18H19F3N2O3/c1-10(24)26-15-14-12(11-6-4-5-7-13(11)22-14)8-9-23(17(15,2)3)16(25)18(19,20)21/h4-7,15,22H,8-9H2,1-3H3. The average Bonchev–Trinajstić information content (AvgIpc) is 2.85. The van der Waals surface area contributed by atoms with Gasteiger partial charge in [0, 0.05) is 24.4 Å². The second kappa shape index (κ2) is 6.03. The number of aromatic amines is 1. The van der Waals surface area contributed by atoms with Gasteiger partial charge in [0.1, 0.15) is 0 Å². The third-order valence-electron chi connectivity index (χ3n) is 4.80. The zero-order chi connectivity index (χ0) is 19.3. The Morgan fingerprint density at radius 1 is 1.27 bits per heavy atom. The normalized spacial score (nSPS) is 19.8. The molecule has 8 heteroatoms. The maximum absolute atomic E-state index is 13.1. The molecule has 2 aromatic rings. The molecule has 1 amide bonds. The first-order valence-electron chi connectivity index (χ1n) is 8.19. The Morgan fingerprint density at radius 3 is 2.54 bits per heavy atom. The summed E-state index contributed by atoms with van der Waals surface area (Å²) in [5.74, 6) is -2.57. The van der Waals surface area contributed by atoms with Gasteiger partial charge in [0.2, 0.25) is 0 Å². The fourth-order valence-corrected chi connectivity index (χ4v) is 3.61. The van der Waals surface area contributed by atoms with Crippen LogP contribution in [-0.4, -0.2) is 40.0 Å². The first kappa shape index (κ1) is 18.3. The molecule has 0 radical (unpaired) electrons. The van der Waals surface area contributed by atoms with Crippen molar-refractivity contribution in [1.29, 1.82) is 0 Å². The van der Waals surface area contributed by atoms with Crippen LogP contribution in [0.2, 0.25) is 0 Å². The Balaban J connectivity index is 2.17. The SMILES string of the molecule is CC(=O)OC1c2[nH]c3ccccc3c2CCN(C(=O)C(F)(F)F)C1(C)C. The largest absolute Gasteiger partial charge is 0.471 e. The number of rotatable bonds is 1. The molecule has 1 aromatic heterocycles. The van der Waals surface area contributed by atoms with E-state index in [2.05, 4.69) is 4.98 Å². The lowest BCUT2D eigenvalue weighted by molar-refractivity contribution is -0.196. The number of nitrogens with zero attached hydrogens (tertiary/aromatic N) is 1. The van der Waals surface area contributed by atoms with E-state index in [1.807, 2.05) is 24.3 Å². The number of carbonyl (C=O) groups excluding carboxylic acids is 2. The predicted molar refractivity (Wildman–Crippen MR) is 88.4 cm³/mol. The topological polar surface area (TPSA) is 62.4 Å². The van der Waals surface area contributed by atoms with Crippen molar-refractivity contribution in [2.24, 2.45) is 0 Å². The highest BCUT2D eigenvalue weighted by Gasteiger charge is 2.52. The number of alkyl halides is 3. The molecule has 0 bridgehead atoms. The fourth-order valence-electron chi connectivity index (χ4n) is 3.61. The molecular weight excluding hydrogens is 349 g/mol. The van der Waals surface area contributed by atoms with Crippen LogP contribution in [0.15, 0.2) is 24.3 Å². The van der Waals surface area contributed by atoms with Gasteiger partial charge in [-0.15, -0.1) is 0 Å². The van der Waals surface area contributed by atoms with Crippen LogP contribution in [0, 0.1) is 0 Å². The van der Waals surface area contributed by atoms with Crippen molar-refractivity contribution < 1.29 is 27.5 Å². The van der Waals surface area contributed by atoms with Gasteiger partial charge in [0.05, 0.1) is 11.2 Å². The first-order chi connectivity index (χ1) is 12.0. The van der Waals surface area contributed by atoms with Crippen LogP contribution in [-0.2, 0) is 20.7 Å². The molecule has 0 saturated heterocycles. The summed E-state index contributed by atoms with van der Waals surface area (Å²) in [4.78, 5) is 27.6. The second-order valence-electron chi connectivity index (χ2n) is 6.91. The number of para-hydroxylation sites is 1. The molecule has 3 rings (SSSR count). The van der Waals surface area contributed by atoms with Gasteiger partial charge < -0.3 is 14.6 Å². The van der Waals surface area contributed by atoms with Crippen molar-refractivity contribution in [3.63, 3.8) is 0 Å². The van der Waals surface area contributed by atoms with Gasteiger partial charge in [-0.05, 0) is 31.9 Å². The average molecular weight is 368 g/mol. The summed E-state index contributed by atoms with van der Waals surface area (Å²) < 4.78 is 44.7. The molecule has 5 nitrogen and oxygen atoms in total. The van der Waals surface area contributed by atoms with E-state index in [1.54, 1.807) is 0 Å². The zero-order valence-electron chi connectivity index (χ0n) is 14.6. The summed E-state index contributed by atoms with van der Waals surface area (Å²) in [6.07, 6.45) is -5.82. The highest BCUT2D eigenvalue weighted by molar-refractivity contribution is 5.86. The number of amides is 1. The van der Waals surface area contributed by atoms with Crippen LogP contribution in [0.1, 0.15) is 38.1 Å². The van der Waals surface area contributed by atoms with Gasteiger partial charge in [0.25, 0.3) is 0 Å². The van der Waals surface area contributed by atoms with E-state index in [-0.39, 0.29) is 13.0 Å². The number of ether oxygens (including phenoxy) is 1. The summed E-state index contributed by atoms with van der Waals surface area (Å²) >= 11 is 0. The molecule has 1 aliphatic rings. The summed E-state index contributed by atoms with van der Waals surface area (Å²) in [6.45, 7) is 4.02. The maximum Gasteiger partial charge on any atom is 0.471 e. The molecule has 1 N–H and O–H groups in total. The summed E-state index contributed by atoms with van der Waals surface area (Å²) in [7, 11) is 0. The van der Waals surface area contributed by atoms with Gasteiger partial charge in [-0.25, -0.2) is 0 Å². The smallest absolute Gasteiger partial charge is 0.454 e. The van der Waals surface area contributed by atoms with Crippen LogP contribution in [0.25, 0.3) is 10.9 Å². The number of carbonyl (C=O) groups is 2. The van der Waals surface area contributed by atoms with E-state index >= 15 is 0 Å². The zero-order valence-corrected chi connectivity index (χ0v) is 14.6. The Morgan fingerprint density at radius 2 is 1.92 bits per heavy atom. The minimum atomic E-state index is -5.00. The van der Waals surface area contributed by atoms with Gasteiger partial charge in [-0.3, -0.25) is 9.59 Å². The van der Waals surface area contributed by atoms with Crippen molar-refractivity contribution >= 4 is 22.8 Å². The van der Waals surface area contributed by atoms with Crippen molar-refractivity contribution in [2.45, 2.75) is 45.0 Å². The lowest BCUT2D eigenvalue weighted by atomic mass is 9.92. The quantitative estimate of drug-likeness (QED) is 0.784. The fraction of sp³-hybridized carbons (Fsp3) is 0.444. The molecule has 26 heavy (non-hydrogen) atoms. The maximum atomic E-state index is 13.1. The number of aromatic nitrogens is 1. The van der Waals surface area contributed by atoms with E-state index < -0.39 is 29.7 Å². The number of esters is 1. The minimum Gasteiger partial charge on any atom is -0.454 e. The third kappa shape index (κ3) is 2.93. The van der Waals surface area contributed by atoms with Crippen LogP contribution in [0.5, 0.6) is 0 Å². The number of hydrogen-bond acceptors (Lipinski definition) is 3. The van der Waals surface area contributed by atoms with Gasteiger partial charge >= 0.3 is 18.1 Å². The van der Waals surface area contributed by atoms with Crippen LogP contribution in [0.4, 0.5) is 13.2 Å². The first-order valence-corrected chi connectivity index (χ1v) is 8.19. The molecule has 1 aliphatic heterocycles. The van der Waals surface area contributed by atoms with E-state index in [9.17, 15) is 22.8 Å². The molecule has 0 fully saturated rings. The molecule has 0 spiro atoms. The summed E-state index contributed by atoms with van der Waals surface area (Å²) in [5.41, 5.74) is 0.715. The van der Waals surface area contributed by atoms with E-state index in [1.165, 1.54) is 20.8 Å². The minimum absolute atomic E-state index is 0.127. The van der Waals surface area contributed by atoms with E-state index in [0.29, 0.717) is 5.69 Å². The lowest BCUT2D eigenvalue weighted by Gasteiger charge is -2.41. The Hall–Kier alpha value is -2.51. The second-order valence-corrected chi connectivity index (χ2v) is 6.91. The van der Waals surface area contributed by atoms with E-state index in [4.69, 9.17) is 4.74 Å². The van der Waals surface area contributed by atoms with Crippen molar-refractivity contribution in [2.75, 3.05) is 6.54 Å². The number of nitrogens with one attached hydrogen (secondary N) is 1.